The Morgan fingerprint density at radius 1 is 1.31 bits per heavy atom. The number of halogens is 1. The van der Waals surface area contributed by atoms with Crippen molar-refractivity contribution >= 4 is 0 Å². The topological polar surface area (TPSA) is 110 Å². The van der Waals surface area contributed by atoms with Crippen LogP contribution in [0.3, 0.4) is 0 Å². The van der Waals surface area contributed by atoms with Crippen LogP contribution < -0.4 is 10.5 Å². The van der Waals surface area contributed by atoms with Crippen LogP contribution in [-0.4, -0.2) is 31.6 Å². The number of hydrogen-bond acceptors (Lipinski definition) is 6. The van der Waals surface area contributed by atoms with E-state index in [9.17, 15) is 20.2 Å². The van der Waals surface area contributed by atoms with Gasteiger partial charge in [0.25, 0.3) is 0 Å². The number of benzene rings is 1. The standard InChI is InChI=1S/C22H22FN5O/c1-3-7-28-8-6-15-17(10-24)21(27)22(12-25,13-26)20(18(15)11-28)16-9-14(29-2)4-5-19(16)23/h4-6,9,18,20H,3,7-8,11,27H2,1-2H3/t18-,20-/m0/s1. The molecule has 2 aliphatic rings. The second kappa shape index (κ2) is 7.95. The van der Waals surface area contributed by atoms with E-state index in [1.165, 1.54) is 25.3 Å². The summed E-state index contributed by atoms with van der Waals surface area (Å²) in [7, 11) is 1.47. The fraction of sp³-hybridized carbons (Fsp3) is 0.409. The monoisotopic (exact) mass is 391 g/mol. The Morgan fingerprint density at radius 3 is 2.62 bits per heavy atom. The predicted octanol–water partition coefficient (Wildman–Crippen LogP) is 2.97. The molecule has 29 heavy (non-hydrogen) atoms. The van der Waals surface area contributed by atoms with Crippen molar-refractivity contribution in [2.45, 2.75) is 19.3 Å². The number of methoxy groups -OCH3 is 1. The molecule has 6 nitrogen and oxygen atoms in total. The lowest BCUT2D eigenvalue weighted by atomic mass is 9.58. The summed E-state index contributed by atoms with van der Waals surface area (Å²) in [6.45, 7) is 4.02. The van der Waals surface area contributed by atoms with Crippen LogP contribution in [-0.2, 0) is 0 Å². The van der Waals surface area contributed by atoms with Gasteiger partial charge < -0.3 is 10.5 Å². The van der Waals surface area contributed by atoms with Crippen LogP contribution in [0.5, 0.6) is 5.75 Å². The van der Waals surface area contributed by atoms with Crippen LogP contribution in [0, 0.1) is 51.1 Å². The molecule has 0 saturated carbocycles. The molecule has 2 N–H and O–H groups in total. The van der Waals surface area contributed by atoms with Crippen molar-refractivity contribution in [1.29, 1.82) is 15.8 Å². The van der Waals surface area contributed by atoms with Gasteiger partial charge in [-0.15, -0.1) is 0 Å². The van der Waals surface area contributed by atoms with E-state index in [1.54, 1.807) is 0 Å². The molecule has 0 unspecified atom stereocenters. The molecule has 0 saturated heterocycles. The number of ether oxygens (including phenoxy) is 1. The second-order valence-corrected chi connectivity index (χ2v) is 7.32. The number of allylic oxidation sites excluding steroid dienone is 2. The Morgan fingerprint density at radius 2 is 2.03 bits per heavy atom. The lowest BCUT2D eigenvalue weighted by molar-refractivity contribution is 0.205. The summed E-state index contributed by atoms with van der Waals surface area (Å²) in [5.74, 6) is -1.40. The van der Waals surface area contributed by atoms with Crippen LogP contribution in [0.25, 0.3) is 0 Å². The van der Waals surface area contributed by atoms with Crippen molar-refractivity contribution in [3.05, 3.63) is 52.5 Å². The van der Waals surface area contributed by atoms with Crippen molar-refractivity contribution in [3.63, 3.8) is 0 Å². The minimum absolute atomic E-state index is 0.108. The molecule has 0 amide bonds. The maximum absolute atomic E-state index is 15.0. The molecule has 1 heterocycles. The van der Waals surface area contributed by atoms with Crippen LogP contribution in [0.2, 0.25) is 0 Å². The van der Waals surface area contributed by atoms with Crippen LogP contribution in [0.4, 0.5) is 4.39 Å². The molecule has 0 fully saturated rings. The highest BCUT2D eigenvalue weighted by Crippen LogP contribution is 2.54. The molecule has 1 aromatic rings. The zero-order valence-electron chi connectivity index (χ0n) is 16.4. The molecule has 0 spiro atoms. The van der Waals surface area contributed by atoms with Gasteiger partial charge >= 0.3 is 0 Å². The highest BCUT2D eigenvalue weighted by Gasteiger charge is 2.55. The third kappa shape index (κ3) is 3.12. The molecular formula is C22H22FN5O. The van der Waals surface area contributed by atoms with Gasteiger partial charge in [0.15, 0.2) is 5.41 Å². The summed E-state index contributed by atoms with van der Waals surface area (Å²) in [6, 6.07) is 10.4. The van der Waals surface area contributed by atoms with E-state index in [2.05, 4.69) is 17.9 Å². The van der Waals surface area contributed by atoms with Gasteiger partial charge in [0.2, 0.25) is 0 Å². The third-order valence-electron chi connectivity index (χ3n) is 5.82. The third-order valence-corrected chi connectivity index (χ3v) is 5.82. The van der Waals surface area contributed by atoms with Crippen molar-refractivity contribution < 1.29 is 9.13 Å². The molecule has 1 aromatic carbocycles. The van der Waals surface area contributed by atoms with Gasteiger partial charge in [-0.3, -0.25) is 4.90 Å². The zero-order valence-corrected chi connectivity index (χ0v) is 16.4. The molecule has 2 atom stereocenters. The molecule has 0 radical (unpaired) electrons. The Bertz CT molecular complexity index is 993. The first-order valence-electron chi connectivity index (χ1n) is 9.46. The van der Waals surface area contributed by atoms with Gasteiger partial charge in [-0.2, -0.15) is 15.8 Å². The Hall–Kier alpha value is -3.34. The van der Waals surface area contributed by atoms with Crippen molar-refractivity contribution in [2.75, 3.05) is 26.7 Å². The zero-order chi connectivity index (χ0) is 21.2. The summed E-state index contributed by atoms with van der Waals surface area (Å²) in [5.41, 5.74) is 5.33. The lowest BCUT2D eigenvalue weighted by Crippen LogP contribution is -2.48. The first-order chi connectivity index (χ1) is 14.0. The summed E-state index contributed by atoms with van der Waals surface area (Å²) in [6.07, 6.45) is 2.85. The number of hydrogen-bond donors (Lipinski definition) is 1. The minimum atomic E-state index is -1.85. The molecule has 1 aliphatic carbocycles. The highest BCUT2D eigenvalue weighted by molar-refractivity contribution is 5.59. The maximum atomic E-state index is 15.0. The van der Waals surface area contributed by atoms with Gasteiger partial charge in [-0.25, -0.2) is 4.39 Å². The van der Waals surface area contributed by atoms with E-state index in [-0.39, 0.29) is 16.8 Å². The minimum Gasteiger partial charge on any atom is -0.497 e. The first kappa shape index (κ1) is 20.4. The Kier molecular flexibility index (Phi) is 5.59. The average Bonchev–Trinajstić information content (AvgIpc) is 2.74. The molecule has 1 aliphatic heterocycles. The second-order valence-electron chi connectivity index (χ2n) is 7.32. The van der Waals surface area contributed by atoms with Gasteiger partial charge in [-0.1, -0.05) is 13.0 Å². The summed E-state index contributed by atoms with van der Waals surface area (Å²) in [4.78, 5) is 2.18. The normalized spacial score (nSPS) is 23.2. The number of nitriles is 3. The average molecular weight is 391 g/mol. The SMILES string of the molecule is CCCN1CC=C2C(C#N)=C(N)C(C#N)(C#N)[C@@H](c3cc(OC)ccc3F)[C@H]2C1. The van der Waals surface area contributed by atoms with Crippen LogP contribution in [0.1, 0.15) is 24.8 Å². The van der Waals surface area contributed by atoms with Gasteiger partial charge in [0.05, 0.1) is 30.5 Å². The van der Waals surface area contributed by atoms with Gasteiger partial charge in [0.1, 0.15) is 17.6 Å². The molecule has 0 bridgehead atoms. The number of rotatable bonds is 4. The van der Waals surface area contributed by atoms with Crippen molar-refractivity contribution in [3.8, 4) is 24.0 Å². The van der Waals surface area contributed by atoms with E-state index >= 15 is 0 Å². The fourth-order valence-corrected chi connectivity index (χ4v) is 4.47. The Balaban J connectivity index is 2.32. The highest BCUT2D eigenvalue weighted by atomic mass is 19.1. The van der Waals surface area contributed by atoms with E-state index in [0.29, 0.717) is 24.4 Å². The van der Waals surface area contributed by atoms with Crippen molar-refractivity contribution in [1.82, 2.24) is 4.90 Å². The largest absolute Gasteiger partial charge is 0.497 e. The fourth-order valence-electron chi connectivity index (χ4n) is 4.47. The Labute approximate surface area is 169 Å². The number of nitrogens with two attached hydrogens (primary N) is 1. The molecule has 3 rings (SSSR count). The van der Waals surface area contributed by atoms with Crippen LogP contribution in [0.15, 0.2) is 41.1 Å². The summed E-state index contributed by atoms with van der Waals surface area (Å²) >= 11 is 0. The number of fused-ring (bicyclic) bond motifs is 1. The molecule has 7 heteroatoms. The lowest BCUT2D eigenvalue weighted by Gasteiger charge is -2.45. The smallest absolute Gasteiger partial charge is 0.191 e. The molecule has 148 valence electrons. The van der Waals surface area contributed by atoms with E-state index in [0.717, 1.165) is 13.0 Å². The molecular weight excluding hydrogens is 369 g/mol. The van der Waals surface area contributed by atoms with Gasteiger partial charge in [-0.05, 0) is 42.3 Å². The predicted molar refractivity (Wildman–Crippen MR) is 104 cm³/mol. The molecule has 0 aromatic heterocycles. The summed E-state index contributed by atoms with van der Waals surface area (Å²) in [5, 5.41) is 29.8. The first-order valence-corrected chi connectivity index (χ1v) is 9.46. The van der Waals surface area contributed by atoms with E-state index in [1.807, 2.05) is 18.2 Å². The quantitative estimate of drug-likeness (QED) is 0.845. The van der Waals surface area contributed by atoms with Crippen molar-refractivity contribution in [2.24, 2.45) is 17.1 Å². The van der Waals surface area contributed by atoms with Crippen LogP contribution >= 0.6 is 0 Å². The maximum Gasteiger partial charge on any atom is 0.191 e. The van der Waals surface area contributed by atoms with Gasteiger partial charge in [0, 0.05) is 24.9 Å². The number of nitrogens with zero attached hydrogens (tertiary/aromatic N) is 4. The van der Waals surface area contributed by atoms with E-state index in [4.69, 9.17) is 10.5 Å². The summed E-state index contributed by atoms with van der Waals surface area (Å²) < 4.78 is 20.2. The van der Waals surface area contributed by atoms with E-state index < -0.39 is 23.1 Å².